The molecule has 0 fully saturated rings. The van der Waals surface area contributed by atoms with E-state index in [0.717, 1.165) is 23.5 Å². The van der Waals surface area contributed by atoms with Crippen LogP contribution in [0.5, 0.6) is 0 Å². The molecule has 0 aliphatic heterocycles. The van der Waals surface area contributed by atoms with Crippen LogP contribution in [0.15, 0.2) is 12.3 Å². The van der Waals surface area contributed by atoms with Gasteiger partial charge in [0, 0.05) is 27.0 Å². The lowest BCUT2D eigenvalue weighted by Gasteiger charge is -2.31. The maximum atomic E-state index is 9.13. The molecular weight excluding hydrogens is 244 g/mol. The van der Waals surface area contributed by atoms with Crippen molar-refractivity contribution in [2.24, 2.45) is 0 Å². The number of methoxy groups -OCH3 is 2. The largest absolute Gasteiger partial charge is 0.392 e. The van der Waals surface area contributed by atoms with E-state index < -0.39 is 0 Å². The van der Waals surface area contributed by atoms with Crippen LogP contribution in [0.3, 0.4) is 0 Å². The van der Waals surface area contributed by atoms with Crippen molar-refractivity contribution in [2.45, 2.75) is 26.5 Å². The van der Waals surface area contributed by atoms with Crippen molar-refractivity contribution in [3.8, 4) is 0 Å². The number of ether oxygens (including phenoxy) is 2. The van der Waals surface area contributed by atoms with E-state index >= 15 is 0 Å². The molecule has 1 rings (SSSR count). The first-order chi connectivity index (χ1) is 9.13. The minimum absolute atomic E-state index is 0.0137. The van der Waals surface area contributed by atoms with Gasteiger partial charge in [0.1, 0.15) is 5.82 Å². The summed E-state index contributed by atoms with van der Waals surface area (Å²) in [6.45, 7) is 6.14. The molecule has 5 nitrogen and oxygen atoms in total. The predicted molar refractivity (Wildman–Crippen MR) is 75.5 cm³/mol. The van der Waals surface area contributed by atoms with Crippen LogP contribution in [0.4, 0.5) is 5.82 Å². The van der Waals surface area contributed by atoms with Crippen LogP contribution in [0.25, 0.3) is 0 Å². The minimum atomic E-state index is 0.0137. The maximum absolute atomic E-state index is 9.13. The van der Waals surface area contributed by atoms with Crippen LogP contribution in [0, 0.1) is 6.92 Å². The summed E-state index contributed by atoms with van der Waals surface area (Å²) < 4.78 is 10.4. The molecule has 0 aliphatic rings. The number of nitrogens with zero attached hydrogens (tertiary/aromatic N) is 2. The van der Waals surface area contributed by atoms with Gasteiger partial charge in [-0.15, -0.1) is 0 Å². The van der Waals surface area contributed by atoms with Crippen molar-refractivity contribution in [1.82, 2.24) is 4.98 Å². The SMILES string of the molecule is COCCN(c1ncc(CO)cc1C)C(C)COC. The quantitative estimate of drug-likeness (QED) is 0.771. The highest BCUT2D eigenvalue weighted by molar-refractivity contribution is 5.48. The van der Waals surface area contributed by atoms with E-state index in [4.69, 9.17) is 14.6 Å². The van der Waals surface area contributed by atoms with Gasteiger partial charge >= 0.3 is 0 Å². The molecule has 1 N–H and O–H groups in total. The molecule has 0 bridgehead atoms. The second-order valence-corrected chi connectivity index (χ2v) is 4.63. The fourth-order valence-electron chi connectivity index (χ4n) is 2.07. The predicted octanol–water partition coefficient (Wildman–Crippen LogP) is 1.37. The Hall–Kier alpha value is -1.17. The van der Waals surface area contributed by atoms with Crippen molar-refractivity contribution in [3.05, 3.63) is 23.4 Å². The smallest absolute Gasteiger partial charge is 0.131 e. The Kier molecular flexibility index (Phi) is 6.77. The standard InChI is InChI=1S/C14H24N2O3/c1-11-7-13(9-17)8-15-14(11)16(5-6-18-3)12(2)10-19-4/h7-8,12,17H,5-6,9-10H2,1-4H3. The molecule has 5 heteroatoms. The summed E-state index contributed by atoms with van der Waals surface area (Å²) in [7, 11) is 3.38. The number of rotatable bonds is 8. The first-order valence-electron chi connectivity index (χ1n) is 6.45. The summed E-state index contributed by atoms with van der Waals surface area (Å²) >= 11 is 0. The zero-order valence-corrected chi connectivity index (χ0v) is 12.2. The first kappa shape index (κ1) is 15.9. The van der Waals surface area contributed by atoms with Gasteiger partial charge in [-0.2, -0.15) is 0 Å². The summed E-state index contributed by atoms with van der Waals surface area (Å²) in [5.74, 6) is 0.916. The fraction of sp³-hybridized carbons (Fsp3) is 0.643. The van der Waals surface area contributed by atoms with Crippen LogP contribution >= 0.6 is 0 Å². The number of hydrogen-bond donors (Lipinski definition) is 1. The van der Waals surface area contributed by atoms with Gasteiger partial charge < -0.3 is 19.5 Å². The summed E-state index contributed by atoms with van der Waals surface area (Å²) in [6, 6.07) is 2.17. The van der Waals surface area contributed by atoms with E-state index in [0.29, 0.717) is 13.2 Å². The molecule has 1 unspecified atom stereocenters. The molecule has 0 aromatic carbocycles. The third kappa shape index (κ3) is 4.45. The highest BCUT2D eigenvalue weighted by atomic mass is 16.5. The zero-order chi connectivity index (χ0) is 14.3. The Morgan fingerprint density at radius 1 is 1.37 bits per heavy atom. The lowest BCUT2D eigenvalue weighted by Crippen LogP contribution is -2.39. The van der Waals surface area contributed by atoms with Gasteiger partial charge in [-0.05, 0) is 31.0 Å². The van der Waals surface area contributed by atoms with E-state index in [9.17, 15) is 0 Å². The average Bonchev–Trinajstić information content (AvgIpc) is 2.40. The second-order valence-electron chi connectivity index (χ2n) is 4.63. The lowest BCUT2D eigenvalue weighted by atomic mass is 10.2. The normalized spacial score (nSPS) is 12.5. The van der Waals surface area contributed by atoms with E-state index in [1.807, 2.05) is 13.0 Å². The molecule has 0 amide bonds. The highest BCUT2D eigenvalue weighted by Gasteiger charge is 2.17. The molecule has 1 aromatic heterocycles. The van der Waals surface area contributed by atoms with Crippen molar-refractivity contribution in [3.63, 3.8) is 0 Å². The maximum Gasteiger partial charge on any atom is 0.131 e. The Bertz CT molecular complexity index is 385. The van der Waals surface area contributed by atoms with Gasteiger partial charge in [-0.3, -0.25) is 0 Å². The van der Waals surface area contributed by atoms with E-state index in [-0.39, 0.29) is 12.6 Å². The van der Waals surface area contributed by atoms with Crippen LogP contribution in [-0.2, 0) is 16.1 Å². The van der Waals surface area contributed by atoms with Crippen molar-refractivity contribution >= 4 is 5.82 Å². The summed E-state index contributed by atoms with van der Waals surface area (Å²) in [4.78, 5) is 6.63. The van der Waals surface area contributed by atoms with Crippen LogP contribution in [-0.4, -0.2) is 50.1 Å². The van der Waals surface area contributed by atoms with Crippen molar-refractivity contribution in [1.29, 1.82) is 0 Å². The number of hydrogen-bond acceptors (Lipinski definition) is 5. The van der Waals surface area contributed by atoms with Gasteiger partial charge in [0.05, 0.1) is 25.9 Å². The lowest BCUT2D eigenvalue weighted by molar-refractivity contribution is 0.170. The number of anilines is 1. The minimum Gasteiger partial charge on any atom is -0.392 e. The van der Waals surface area contributed by atoms with Gasteiger partial charge in [0.15, 0.2) is 0 Å². The Morgan fingerprint density at radius 3 is 2.63 bits per heavy atom. The van der Waals surface area contributed by atoms with Gasteiger partial charge in [-0.25, -0.2) is 4.98 Å². The van der Waals surface area contributed by atoms with Crippen LogP contribution in [0.1, 0.15) is 18.1 Å². The van der Waals surface area contributed by atoms with Gasteiger partial charge in [0.25, 0.3) is 0 Å². The third-order valence-corrected chi connectivity index (χ3v) is 3.04. The second kappa shape index (κ2) is 8.09. The van der Waals surface area contributed by atoms with Crippen molar-refractivity contribution in [2.75, 3.05) is 38.9 Å². The molecule has 108 valence electrons. The Labute approximate surface area is 115 Å². The highest BCUT2D eigenvalue weighted by Crippen LogP contribution is 2.20. The van der Waals surface area contributed by atoms with E-state index in [1.54, 1.807) is 20.4 Å². The van der Waals surface area contributed by atoms with E-state index in [2.05, 4.69) is 16.8 Å². The molecule has 1 atom stereocenters. The molecule has 0 aliphatic carbocycles. The monoisotopic (exact) mass is 268 g/mol. The van der Waals surface area contributed by atoms with Crippen LogP contribution in [0.2, 0.25) is 0 Å². The Morgan fingerprint density at radius 2 is 2.11 bits per heavy atom. The molecular formula is C14H24N2O3. The molecule has 1 heterocycles. The number of pyridine rings is 1. The van der Waals surface area contributed by atoms with Gasteiger partial charge in [-0.1, -0.05) is 0 Å². The van der Waals surface area contributed by atoms with Gasteiger partial charge in [0.2, 0.25) is 0 Å². The Balaban J connectivity index is 2.95. The number of aromatic nitrogens is 1. The topological polar surface area (TPSA) is 54.8 Å². The molecule has 0 spiro atoms. The number of aliphatic hydroxyl groups excluding tert-OH is 1. The fourth-order valence-corrected chi connectivity index (χ4v) is 2.07. The molecule has 0 saturated heterocycles. The molecule has 19 heavy (non-hydrogen) atoms. The summed E-state index contributed by atoms with van der Waals surface area (Å²) in [6.07, 6.45) is 1.71. The van der Waals surface area contributed by atoms with Crippen molar-refractivity contribution < 1.29 is 14.6 Å². The molecule has 0 radical (unpaired) electrons. The number of aliphatic hydroxyl groups is 1. The number of aryl methyl sites for hydroxylation is 1. The van der Waals surface area contributed by atoms with E-state index in [1.165, 1.54) is 0 Å². The summed E-state index contributed by atoms with van der Waals surface area (Å²) in [5.41, 5.74) is 1.87. The zero-order valence-electron chi connectivity index (χ0n) is 12.2. The third-order valence-electron chi connectivity index (χ3n) is 3.04. The average molecular weight is 268 g/mol. The summed E-state index contributed by atoms with van der Waals surface area (Å²) in [5, 5.41) is 9.13. The molecule has 0 saturated carbocycles. The molecule has 1 aromatic rings. The van der Waals surface area contributed by atoms with Crippen LogP contribution < -0.4 is 4.90 Å². The first-order valence-corrected chi connectivity index (χ1v) is 6.45.